The molecule has 2 heterocycles. The van der Waals surface area contributed by atoms with Crippen LogP contribution in [-0.4, -0.2) is 54.1 Å². The molecule has 1 aliphatic rings. The van der Waals surface area contributed by atoms with E-state index in [1.165, 1.54) is 19.3 Å². The van der Waals surface area contributed by atoms with Gasteiger partial charge in [-0.15, -0.1) is 10.2 Å². The highest BCUT2D eigenvalue weighted by Gasteiger charge is 2.14. The topological polar surface area (TPSA) is 76.4 Å². The van der Waals surface area contributed by atoms with Crippen molar-refractivity contribution >= 4 is 5.96 Å². The van der Waals surface area contributed by atoms with Crippen LogP contribution in [-0.2, 0) is 24.1 Å². The number of nitrogens with one attached hydrogen (secondary N) is 2. The highest BCUT2D eigenvalue weighted by atomic mass is 16.5. The molecule has 0 amide bonds. The first-order valence-corrected chi connectivity index (χ1v) is 8.77. The summed E-state index contributed by atoms with van der Waals surface area (Å²) < 4.78 is 7.35. The Kier molecular flexibility index (Phi) is 7.86. The Morgan fingerprint density at radius 3 is 3.00 bits per heavy atom. The number of rotatable bonds is 8. The van der Waals surface area contributed by atoms with Gasteiger partial charge >= 0.3 is 0 Å². The lowest BCUT2D eigenvalue weighted by atomic mass is 10.2. The van der Waals surface area contributed by atoms with Gasteiger partial charge in [-0.05, 0) is 26.2 Å². The van der Waals surface area contributed by atoms with Crippen LogP contribution in [0.15, 0.2) is 4.99 Å². The SMILES string of the molecule is CCNC(=NCCCOC)NCCc1nnc2n1CCCCC2. The summed E-state index contributed by atoms with van der Waals surface area (Å²) in [6.07, 6.45) is 6.62. The smallest absolute Gasteiger partial charge is 0.191 e. The average Bonchev–Trinajstić information content (AvgIpc) is 2.79. The fraction of sp³-hybridized carbons (Fsp3) is 0.812. The zero-order valence-corrected chi connectivity index (χ0v) is 14.5. The summed E-state index contributed by atoms with van der Waals surface area (Å²) in [4.78, 5) is 4.54. The summed E-state index contributed by atoms with van der Waals surface area (Å²) in [7, 11) is 1.72. The average molecular weight is 322 g/mol. The van der Waals surface area contributed by atoms with Crippen molar-refractivity contribution in [3.8, 4) is 0 Å². The second kappa shape index (κ2) is 10.2. The zero-order chi connectivity index (χ0) is 16.3. The Morgan fingerprint density at radius 2 is 2.17 bits per heavy atom. The Labute approximate surface area is 138 Å². The molecule has 0 spiro atoms. The molecule has 2 N–H and O–H groups in total. The predicted octanol–water partition coefficient (Wildman–Crippen LogP) is 1.14. The van der Waals surface area contributed by atoms with Crippen molar-refractivity contribution < 1.29 is 4.74 Å². The summed E-state index contributed by atoms with van der Waals surface area (Å²) in [5.74, 6) is 3.10. The maximum atomic E-state index is 5.05. The standard InChI is InChI=1S/C16H30N6O/c1-3-17-16(18-10-7-13-23-2)19-11-9-15-21-20-14-8-5-4-6-12-22(14)15/h3-13H2,1-2H3,(H2,17,18,19). The summed E-state index contributed by atoms with van der Waals surface area (Å²) in [5.41, 5.74) is 0. The second-order valence-corrected chi connectivity index (χ2v) is 5.78. The molecule has 0 aromatic carbocycles. The third-order valence-electron chi connectivity index (χ3n) is 3.95. The normalized spacial score (nSPS) is 15.1. The van der Waals surface area contributed by atoms with Gasteiger partial charge in [-0.25, -0.2) is 0 Å². The first-order valence-electron chi connectivity index (χ1n) is 8.77. The summed E-state index contributed by atoms with van der Waals surface area (Å²) in [6, 6.07) is 0. The van der Waals surface area contributed by atoms with Crippen molar-refractivity contribution in [1.29, 1.82) is 0 Å². The number of hydrogen-bond acceptors (Lipinski definition) is 4. The van der Waals surface area contributed by atoms with E-state index >= 15 is 0 Å². The molecule has 0 saturated heterocycles. The van der Waals surface area contributed by atoms with E-state index in [2.05, 4.69) is 37.3 Å². The lowest BCUT2D eigenvalue weighted by Gasteiger charge is -2.12. The van der Waals surface area contributed by atoms with Crippen LogP contribution >= 0.6 is 0 Å². The molecular formula is C16H30N6O. The monoisotopic (exact) mass is 322 g/mol. The quantitative estimate of drug-likeness (QED) is 0.426. The minimum absolute atomic E-state index is 0.745. The molecule has 0 radical (unpaired) electrons. The van der Waals surface area contributed by atoms with Crippen LogP contribution in [0.5, 0.6) is 0 Å². The van der Waals surface area contributed by atoms with Crippen LogP contribution in [0.4, 0.5) is 0 Å². The number of ether oxygens (including phenoxy) is 1. The first-order chi connectivity index (χ1) is 11.3. The fourth-order valence-corrected chi connectivity index (χ4v) is 2.76. The van der Waals surface area contributed by atoms with Crippen LogP contribution in [0.3, 0.4) is 0 Å². The van der Waals surface area contributed by atoms with Gasteiger partial charge in [0.25, 0.3) is 0 Å². The highest BCUT2D eigenvalue weighted by Crippen LogP contribution is 2.14. The number of nitrogens with zero attached hydrogens (tertiary/aromatic N) is 4. The molecule has 1 aliphatic heterocycles. The third-order valence-corrected chi connectivity index (χ3v) is 3.95. The number of fused-ring (bicyclic) bond motifs is 1. The molecule has 0 atom stereocenters. The van der Waals surface area contributed by atoms with Crippen LogP contribution in [0.1, 0.15) is 44.3 Å². The first kappa shape index (κ1) is 17.7. The van der Waals surface area contributed by atoms with Gasteiger partial charge in [-0.3, -0.25) is 4.99 Å². The van der Waals surface area contributed by atoms with Gasteiger partial charge in [0, 0.05) is 52.7 Å². The van der Waals surface area contributed by atoms with Crippen molar-refractivity contribution in [3.63, 3.8) is 0 Å². The Hall–Kier alpha value is -1.63. The third kappa shape index (κ3) is 5.82. The summed E-state index contributed by atoms with van der Waals surface area (Å²) >= 11 is 0. The lowest BCUT2D eigenvalue weighted by molar-refractivity contribution is 0.197. The van der Waals surface area contributed by atoms with Crippen LogP contribution < -0.4 is 10.6 Å². The van der Waals surface area contributed by atoms with E-state index in [1.54, 1.807) is 7.11 Å². The van der Waals surface area contributed by atoms with Gasteiger partial charge < -0.3 is 19.9 Å². The van der Waals surface area contributed by atoms with Gasteiger partial charge in [0.2, 0.25) is 0 Å². The van der Waals surface area contributed by atoms with Gasteiger partial charge in [-0.1, -0.05) is 6.42 Å². The van der Waals surface area contributed by atoms with Gasteiger partial charge in [0.15, 0.2) is 5.96 Å². The summed E-state index contributed by atoms with van der Waals surface area (Å²) in [6.45, 7) is 6.32. The van der Waals surface area contributed by atoms with Crippen molar-refractivity contribution in [3.05, 3.63) is 11.6 Å². The number of aliphatic imine (C=N–C) groups is 1. The van der Waals surface area contributed by atoms with Gasteiger partial charge in [-0.2, -0.15) is 0 Å². The molecule has 2 rings (SSSR count). The second-order valence-electron chi connectivity index (χ2n) is 5.78. The predicted molar refractivity (Wildman–Crippen MR) is 91.8 cm³/mol. The van der Waals surface area contributed by atoms with Gasteiger partial charge in [0.05, 0.1) is 0 Å². The molecule has 7 nitrogen and oxygen atoms in total. The minimum Gasteiger partial charge on any atom is -0.385 e. The van der Waals surface area contributed by atoms with Crippen molar-refractivity contribution in [2.75, 3.05) is 33.4 Å². The number of aromatic nitrogens is 3. The molecule has 130 valence electrons. The molecule has 1 aromatic rings. The van der Waals surface area contributed by atoms with Crippen molar-refractivity contribution in [2.24, 2.45) is 4.99 Å². The molecule has 1 aromatic heterocycles. The van der Waals surface area contributed by atoms with Crippen LogP contribution in [0.2, 0.25) is 0 Å². The Bertz CT molecular complexity index is 485. The minimum atomic E-state index is 0.745. The summed E-state index contributed by atoms with van der Waals surface area (Å²) in [5, 5.41) is 15.4. The molecule has 0 unspecified atom stereocenters. The fourth-order valence-electron chi connectivity index (χ4n) is 2.76. The van der Waals surface area contributed by atoms with E-state index < -0.39 is 0 Å². The zero-order valence-electron chi connectivity index (χ0n) is 14.5. The van der Waals surface area contributed by atoms with E-state index in [0.29, 0.717) is 0 Å². The molecule has 7 heteroatoms. The highest BCUT2D eigenvalue weighted by molar-refractivity contribution is 5.79. The molecule has 0 aliphatic carbocycles. The van der Waals surface area contributed by atoms with E-state index in [1.807, 2.05) is 0 Å². The van der Waals surface area contributed by atoms with Crippen LogP contribution in [0.25, 0.3) is 0 Å². The van der Waals surface area contributed by atoms with Gasteiger partial charge in [0.1, 0.15) is 11.6 Å². The maximum Gasteiger partial charge on any atom is 0.191 e. The van der Waals surface area contributed by atoms with E-state index in [0.717, 1.165) is 69.7 Å². The number of hydrogen-bond donors (Lipinski definition) is 2. The number of aryl methyl sites for hydroxylation is 1. The lowest BCUT2D eigenvalue weighted by Crippen LogP contribution is -2.38. The molecular weight excluding hydrogens is 292 g/mol. The van der Waals surface area contributed by atoms with Crippen molar-refractivity contribution in [1.82, 2.24) is 25.4 Å². The maximum absolute atomic E-state index is 5.05. The Morgan fingerprint density at radius 1 is 1.26 bits per heavy atom. The number of methoxy groups -OCH3 is 1. The molecule has 23 heavy (non-hydrogen) atoms. The molecule has 0 fully saturated rings. The number of guanidine groups is 1. The van der Waals surface area contributed by atoms with E-state index in [4.69, 9.17) is 4.74 Å². The largest absolute Gasteiger partial charge is 0.385 e. The Balaban J connectivity index is 1.81. The molecule has 0 saturated carbocycles. The van der Waals surface area contributed by atoms with Crippen LogP contribution in [0, 0.1) is 0 Å². The molecule has 0 bridgehead atoms. The van der Waals surface area contributed by atoms with Crippen molar-refractivity contribution in [2.45, 2.75) is 52.0 Å². The van der Waals surface area contributed by atoms with E-state index in [9.17, 15) is 0 Å². The van der Waals surface area contributed by atoms with E-state index in [-0.39, 0.29) is 0 Å².